The Bertz CT molecular complexity index is 977. The van der Waals surface area contributed by atoms with E-state index >= 15 is 0 Å². The Morgan fingerprint density at radius 1 is 1.08 bits per heavy atom. The lowest BCUT2D eigenvalue weighted by atomic mass is 9.94. The van der Waals surface area contributed by atoms with Crippen molar-refractivity contribution in [3.05, 3.63) is 55.9 Å². The van der Waals surface area contributed by atoms with Crippen LogP contribution in [-0.2, 0) is 13.0 Å². The van der Waals surface area contributed by atoms with Crippen LogP contribution < -0.4 is 14.9 Å². The lowest BCUT2D eigenvalue weighted by molar-refractivity contribution is 0.410. The molecule has 0 atom stereocenters. The maximum Gasteiger partial charge on any atom is 0.234 e. The minimum atomic E-state index is -0.0543. The molecule has 4 rings (SSSR count). The number of hydrogen-bond donors (Lipinski definition) is 0. The van der Waals surface area contributed by atoms with Gasteiger partial charge in [0.2, 0.25) is 5.43 Å². The third-order valence-corrected chi connectivity index (χ3v) is 5.64. The normalized spacial score (nSPS) is 12.6. The van der Waals surface area contributed by atoms with Gasteiger partial charge in [0.15, 0.2) is 5.75 Å². The molecule has 0 amide bonds. The SMILES string of the molecule is COc1ccc2c(c1)CCn1cc3cc(OC)c(=O)c(I)c-3cc1-2. The summed E-state index contributed by atoms with van der Waals surface area (Å²) in [6.07, 6.45) is 3.07. The van der Waals surface area contributed by atoms with Gasteiger partial charge in [0.25, 0.3) is 0 Å². The Morgan fingerprint density at radius 3 is 2.67 bits per heavy atom. The first-order chi connectivity index (χ1) is 11.6. The minimum Gasteiger partial charge on any atom is -0.497 e. The van der Waals surface area contributed by atoms with Gasteiger partial charge in [-0.05, 0) is 64.9 Å². The highest BCUT2D eigenvalue weighted by Crippen LogP contribution is 2.37. The van der Waals surface area contributed by atoms with Crippen molar-refractivity contribution in [3.63, 3.8) is 0 Å². The maximum atomic E-state index is 12.4. The molecule has 0 unspecified atom stereocenters. The van der Waals surface area contributed by atoms with Gasteiger partial charge in [-0.3, -0.25) is 4.79 Å². The average Bonchev–Trinajstić information content (AvgIpc) is 2.62. The monoisotopic (exact) mass is 433 g/mol. The van der Waals surface area contributed by atoms with E-state index in [9.17, 15) is 4.79 Å². The summed E-state index contributed by atoms with van der Waals surface area (Å²) in [5, 5.41) is 0. The summed E-state index contributed by atoms with van der Waals surface area (Å²) in [6, 6.07) is 10.1. The molecule has 3 aliphatic rings. The molecular formula is C19H16INO3. The van der Waals surface area contributed by atoms with Crippen molar-refractivity contribution in [1.29, 1.82) is 0 Å². The number of ether oxygens (including phenoxy) is 2. The summed E-state index contributed by atoms with van der Waals surface area (Å²) in [5.74, 6) is 1.28. The quantitative estimate of drug-likeness (QED) is 0.578. The number of aryl methyl sites for hydroxylation is 2. The first-order valence-corrected chi connectivity index (χ1v) is 8.78. The number of fused-ring (bicyclic) bond motifs is 4. The van der Waals surface area contributed by atoms with Gasteiger partial charge in [-0.25, -0.2) is 0 Å². The molecule has 0 fully saturated rings. The topological polar surface area (TPSA) is 40.5 Å². The van der Waals surface area contributed by atoms with Gasteiger partial charge >= 0.3 is 0 Å². The molecule has 1 aromatic carbocycles. The van der Waals surface area contributed by atoms with Gasteiger partial charge in [0.1, 0.15) is 5.75 Å². The largest absolute Gasteiger partial charge is 0.497 e. The Hall–Kier alpha value is -2.02. The van der Waals surface area contributed by atoms with Crippen molar-refractivity contribution < 1.29 is 9.47 Å². The smallest absolute Gasteiger partial charge is 0.234 e. The fraction of sp³-hybridized carbons (Fsp3) is 0.211. The maximum absolute atomic E-state index is 12.4. The molecule has 0 saturated carbocycles. The Kier molecular flexibility index (Phi) is 3.75. The lowest BCUT2D eigenvalue weighted by Gasteiger charge is -2.25. The van der Waals surface area contributed by atoms with E-state index in [1.54, 1.807) is 7.11 Å². The third-order valence-electron chi connectivity index (χ3n) is 4.57. The van der Waals surface area contributed by atoms with Crippen molar-refractivity contribution in [2.75, 3.05) is 14.2 Å². The zero-order valence-electron chi connectivity index (χ0n) is 13.4. The van der Waals surface area contributed by atoms with Crippen LogP contribution >= 0.6 is 22.6 Å². The molecule has 1 aliphatic carbocycles. The van der Waals surface area contributed by atoms with Gasteiger partial charge in [0.05, 0.1) is 17.8 Å². The highest BCUT2D eigenvalue weighted by molar-refractivity contribution is 14.1. The molecule has 0 aromatic heterocycles. The molecule has 0 spiro atoms. The van der Waals surface area contributed by atoms with Crippen LogP contribution in [0.1, 0.15) is 5.56 Å². The van der Waals surface area contributed by atoms with Crippen LogP contribution in [0.15, 0.2) is 41.3 Å². The van der Waals surface area contributed by atoms with Crippen LogP contribution in [0.3, 0.4) is 0 Å². The highest BCUT2D eigenvalue weighted by Gasteiger charge is 2.21. The van der Waals surface area contributed by atoms with Gasteiger partial charge in [-0.15, -0.1) is 0 Å². The molecule has 5 heteroatoms. The number of aromatic nitrogens is 1. The number of benzene rings is 2. The number of halogens is 1. The van der Waals surface area contributed by atoms with Gasteiger partial charge < -0.3 is 14.0 Å². The molecule has 122 valence electrons. The summed E-state index contributed by atoms with van der Waals surface area (Å²) in [5.41, 5.74) is 5.55. The van der Waals surface area contributed by atoms with E-state index in [0.29, 0.717) is 9.32 Å². The number of hydrogen-bond acceptors (Lipinski definition) is 3. The summed E-state index contributed by atoms with van der Waals surface area (Å²) in [6.45, 7) is 0.906. The van der Waals surface area contributed by atoms with Crippen LogP contribution in [-0.4, -0.2) is 18.8 Å². The molecule has 2 aliphatic heterocycles. The predicted octanol–water partition coefficient (Wildman–Crippen LogP) is 3.80. The van der Waals surface area contributed by atoms with E-state index < -0.39 is 0 Å². The van der Waals surface area contributed by atoms with Gasteiger partial charge in [0, 0.05) is 35.1 Å². The van der Waals surface area contributed by atoms with E-state index in [-0.39, 0.29) is 5.43 Å². The molecule has 0 N–H and O–H groups in total. The Morgan fingerprint density at radius 2 is 1.92 bits per heavy atom. The molecule has 24 heavy (non-hydrogen) atoms. The number of rotatable bonds is 2. The predicted molar refractivity (Wildman–Crippen MR) is 102 cm³/mol. The second-order valence-electron chi connectivity index (χ2n) is 5.85. The van der Waals surface area contributed by atoms with Crippen LogP contribution in [0.4, 0.5) is 0 Å². The zero-order chi connectivity index (χ0) is 16.8. The van der Waals surface area contributed by atoms with E-state index in [1.165, 1.54) is 18.2 Å². The van der Waals surface area contributed by atoms with Crippen molar-refractivity contribution in [3.8, 4) is 33.9 Å². The number of methoxy groups -OCH3 is 2. The Labute approximate surface area is 153 Å². The summed E-state index contributed by atoms with van der Waals surface area (Å²) < 4.78 is 13.5. The van der Waals surface area contributed by atoms with Crippen molar-refractivity contribution >= 4 is 22.6 Å². The summed E-state index contributed by atoms with van der Waals surface area (Å²) >= 11 is 2.12. The Balaban J connectivity index is 1.99. The molecule has 0 bridgehead atoms. The first kappa shape index (κ1) is 15.5. The standard InChI is InChI=1S/C19H16INO3/c1-23-13-3-4-14-11(7-13)5-6-21-10-12-8-17(24-2)19(22)18(20)15(12)9-16(14)21/h3-4,7-10H,5-6H2,1-2H3. The van der Waals surface area contributed by atoms with E-state index in [1.807, 2.05) is 12.1 Å². The van der Waals surface area contributed by atoms with Crippen LogP contribution in [0.2, 0.25) is 0 Å². The second-order valence-corrected chi connectivity index (χ2v) is 6.93. The summed E-state index contributed by atoms with van der Waals surface area (Å²) in [7, 11) is 3.22. The van der Waals surface area contributed by atoms with Crippen LogP contribution in [0, 0.1) is 3.57 Å². The molecule has 0 radical (unpaired) electrons. The highest BCUT2D eigenvalue weighted by atomic mass is 127. The number of nitrogens with zero attached hydrogens (tertiary/aromatic N) is 1. The average molecular weight is 433 g/mol. The van der Waals surface area contributed by atoms with E-state index in [0.717, 1.165) is 35.5 Å². The molecule has 2 heterocycles. The van der Waals surface area contributed by atoms with E-state index in [4.69, 9.17) is 9.47 Å². The lowest BCUT2D eigenvalue weighted by Crippen LogP contribution is -2.16. The third kappa shape index (κ3) is 2.30. The first-order valence-electron chi connectivity index (χ1n) is 7.70. The second kappa shape index (κ2) is 5.81. The fourth-order valence-corrected chi connectivity index (χ4v) is 4.05. The molecule has 4 nitrogen and oxygen atoms in total. The summed E-state index contributed by atoms with van der Waals surface area (Å²) in [4.78, 5) is 12.4. The molecule has 1 aromatic rings. The minimum absolute atomic E-state index is 0.0543. The van der Waals surface area contributed by atoms with Crippen molar-refractivity contribution in [1.82, 2.24) is 4.57 Å². The number of pyridine rings is 1. The van der Waals surface area contributed by atoms with Crippen molar-refractivity contribution in [2.45, 2.75) is 13.0 Å². The molecular weight excluding hydrogens is 417 g/mol. The molecule has 0 saturated heterocycles. The van der Waals surface area contributed by atoms with Crippen molar-refractivity contribution in [2.24, 2.45) is 0 Å². The van der Waals surface area contributed by atoms with Crippen LogP contribution in [0.25, 0.3) is 22.4 Å². The zero-order valence-corrected chi connectivity index (χ0v) is 15.6. The van der Waals surface area contributed by atoms with Crippen LogP contribution in [0.5, 0.6) is 11.5 Å². The van der Waals surface area contributed by atoms with Gasteiger partial charge in [-0.2, -0.15) is 0 Å². The fourth-order valence-electron chi connectivity index (χ4n) is 3.32. The van der Waals surface area contributed by atoms with E-state index in [2.05, 4.69) is 51.6 Å². The van der Waals surface area contributed by atoms with Gasteiger partial charge in [-0.1, -0.05) is 0 Å².